The number of oxazole rings is 1. The average Bonchev–Trinajstić information content (AvgIpc) is 3.16. The van der Waals surface area contributed by atoms with Crippen LogP contribution in [0, 0.1) is 0 Å². The summed E-state index contributed by atoms with van der Waals surface area (Å²) in [7, 11) is 1.66. The Kier molecular flexibility index (Phi) is 8.33. The zero-order chi connectivity index (χ0) is 18.2. The molecule has 0 saturated carbocycles. The molecule has 1 aromatic heterocycles. The van der Waals surface area contributed by atoms with Gasteiger partial charge in [-0.25, -0.2) is 4.98 Å². The summed E-state index contributed by atoms with van der Waals surface area (Å²) in [6.07, 6.45) is 2.75. The van der Waals surface area contributed by atoms with Crippen LogP contribution in [0.4, 0.5) is 0 Å². The number of nitrogens with zero attached hydrogens (tertiary/aromatic N) is 2. The molecule has 6 heteroatoms. The van der Waals surface area contributed by atoms with Crippen LogP contribution in [0.5, 0.6) is 5.75 Å². The topological polar surface area (TPSA) is 64.5 Å². The minimum atomic E-state index is 0. The zero-order valence-corrected chi connectivity index (χ0v) is 16.3. The molecule has 2 N–H and O–H groups in total. The van der Waals surface area contributed by atoms with Crippen LogP contribution >= 0.6 is 12.4 Å². The van der Waals surface area contributed by atoms with Crippen molar-refractivity contribution in [3.05, 3.63) is 72.2 Å². The van der Waals surface area contributed by atoms with Gasteiger partial charge in [0.05, 0.1) is 19.9 Å². The number of methoxy groups -OCH3 is 1. The number of rotatable bonds is 9. The Bertz CT molecular complexity index is 791. The molecule has 2 aromatic carbocycles. The van der Waals surface area contributed by atoms with Gasteiger partial charge in [-0.1, -0.05) is 30.3 Å². The number of hydrogen-bond acceptors (Lipinski definition) is 5. The van der Waals surface area contributed by atoms with Crippen molar-refractivity contribution >= 4 is 12.4 Å². The molecule has 3 aromatic rings. The molecular formula is C21H26ClN3O2. The molecule has 3 rings (SSSR count). The molecule has 0 radical (unpaired) electrons. The van der Waals surface area contributed by atoms with E-state index in [0.29, 0.717) is 19.0 Å². The van der Waals surface area contributed by atoms with E-state index in [1.54, 1.807) is 13.3 Å². The molecule has 1 heterocycles. The van der Waals surface area contributed by atoms with Crippen molar-refractivity contribution in [3.8, 4) is 17.1 Å². The molecule has 0 unspecified atom stereocenters. The molecule has 0 aliphatic rings. The zero-order valence-electron chi connectivity index (χ0n) is 15.5. The maximum atomic E-state index is 5.94. The van der Waals surface area contributed by atoms with E-state index in [1.807, 2.05) is 30.3 Å². The van der Waals surface area contributed by atoms with Crippen LogP contribution in [-0.4, -0.2) is 36.6 Å². The molecule has 0 bridgehead atoms. The molecule has 0 amide bonds. The molecule has 0 atom stereocenters. The lowest BCUT2D eigenvalue weighted by Gasteiger charge is -2.19. The average molecular weight is 388 g/mol. The molecular weight excluding hydrogens is 362 g/mol. The summed E-state index contributed by atoms with van der Waals surface area (Å²) in [4.78, 5) is 6.71. The predicted octanol–water partition coefficient (Wildman–Crippen LogP) is 3.78. The van der Waals surface area contributed by atoms with Gasteiger partial charge in [0.25, 0.3) is 0 Å². The Morgan fingerprint density at radius 3 is 2.44 bits per heavy atom. The first-order chi connectivity index (χ1) is 12.8. The molecule has 0 fully saturated rings. The highest BCUT2D eigenvalue weighted by atomic mass is 35.5. The number of ether oxygens (including phenoxy) is 1. The fourth-order valence-electron chi connectivity index (χ4n) is 2.85. The Balaban J connectivity index is 0.00000261. The standard InChI is InChI=1S/C21H25N3O2.ClH/c1-25-19-9-7-18(8-10-19)20-15-23-21(26-20)16-24(14-12-22)13-11-17-5-3-2-4-6-17;/h2-10,15H,11-14,16,22H2,1H3;1H. The van der Waals surface area contributed by atoms with Gasteiger partial charge < -0.3 is 14.9 Å². The summed E-state index contributed by atoms with van der Waals surface area (Å²) in [5, 5.41) is 0. The summed E-state index contributed by atoms with van der Waals surface area (Å²) < 4.78 is 11.1. The van der Waals surface area contributed by atoms with Gasteiger partial charge in [-0.15, -0.1) is 12.4 Å². The molecule has 0 aliphatic heterocycles. The SMILES string of the molecule is COc1ccc(-c2cnc(CN(CCN)CCc3ccccc3)o2)cc1.Cl. The van der Waals surface area contributed by atoms with Crippen molar-refractivity contribution in [2.45, 2.75) is 13.0 Å². The van der Waals surface area contributed by atoms with Crippen LogP contribution in [0.1, 0.15) is 11.5 Å². The molecule has 0 saturated heterocycles. The number of nitrogens with two attached hydrogens (primary N) is 1. The largest absolute Gasteiger partial charge is 0.497 e. The maximum absolute atomic E-state index is 5.94. The van der Waals surface area contributed by atoms with Crippen LogP contribution in [0.15, 0.2) is 65.2 Å². The summed E-state index contributed by atoms with van der Waals surface area (Å²) in [5.74, 6) is 2.29. The molecule has 144 valence electrons. The van der Waals surface area contributed by atoms with Crippen LogP contribution < -0.4 is 10.5 Å². The van der Waals surface area contributed by atoms with Gasteiger partial charge in [0, 0.05) is 25.2 Å². The van der Waals surface area contributed by atoms with Crippen LogP contribution in [0.3, 0.4) is 0 Å². The summed E-state index contributed by atoms with van der Waals surface area (Å²) >= 11 is 0. The Hall–Kier alpha value is -2.34. The van der Waals surface area contributed by atoms with Crippen molar-refractivity contribution < 1.29 is 9.15 Å². The smallest absolute Gasteiger partial charge is 0.209 e. The first-order valence-electron chi connectivity index (χ1n) is 8.84. The van der Waals surface area contributed by atoms with Crippen molar-refractivity contribution in [2.24, 2.45) is 5.73 Å². The van der Waals surface area contributed by atoms with Gasteiger partial charge in [0.1, 0.15) is 5.75 Å². The van der Waals surface area contributed by atoms with Gasteiger partial charge in [0.2, 0.25) is 5.89 Å². The van der Waals surface area contributed by atoms with E-state index in [4.69, 9.17) is 14.9 Å². The van der Waals surface area contributed by atoms with Crippen LogP contribution in [0.2, 0.25) is 0 Å². The molecule has 27 heavy (non-hydrogen) atoms. The summed E-state index contributed by atoms with van der Waals surface area (Å²) in [6.45, 7) is 3.00. The highest BCUT2D eigenvalue weighted by Gasteiger charge is 2.11. The lowest BCUT2D eigenvalue weighted by molar-refractivity contribution is 0.249. The third kappa shape index (κ3) is 6.10. The van der Waals surface area contributed by atoms with E-state index < -0.39 is 0 Å². The summed E-state index contributed by atoms with van der Waals surface area (Å²) in [5.41, 5.74) is 8.08. The lowest BCUT2D eigenvalue weighted by Crippen LogP contribution is -2.31. The Morgan fingerprint density at radius 1 is 1.04 bits per heavy atom. The minimum absolute atomic E-state index is 0. The Morgan fingerprint density at radius 2 is 1.78 bits per heavy atom. The molecule has 5 nitrogen and oxygen atoms in total. The highest BCUT2D eigenvalue weighted by molar-refractivity contribution is 5.85. The van der Waals surface area contributed by atoms with E-state index in [0.717, 1.165) is 36.6 Å². The van der Waals surface area contributed by atoms with Crippen molar-refractivity contribution in [1.29, 1.82) is 0 Å². The quantitative estimate of drug-likeness (QED) is 0.605. The van der Waals surface area contributed by atoms with E-state index in [9.17, 15) is 0 Å². The normalized spacial score (nSPS) is 10.6. The predicted molar refractivity (Wildman–Crippen MR) is 110 cm³/mol. The number of aromatic nitrogens is 1. The van der Waals surface area contributed by atoms with Crippen LogP contribution in [0.25, 0.3) is 11.3 Å². The van der Waals surface area contributed by atoms with Gasteiger partial charge in [-0.3, -0.25) is 4.90 Å². The number of hydrogen-bond donors (Lipinski definition) is 1. The van der Waals surface area contributed by atoms with Crippen molar-refractivity contribution in [1.82, 2.24) is 9.88 Å². The minimum Gasteiger partial charge on any atom is -0.497 e. The van der Waals surface area contributed by atoms with Gasteiger partial charge in [0.15, 0.2) is 5.76 Å². The van der Waals surface area contributed by atoms with Crippen molar-refractivity contribution in [3.63, 3.8) is 0 Å². The molecule has 0 spiro atoms. The first-order valence-corrected chi connectivity index (χ1v) is 8.84. The van der Waals surface area contributed by atoms with Crippen LogP contribution in [-0.2, 0) is 13.0 Å². The third-order valence-corrected chi connectivity index (χ3v) is 4.29. The number of benzene rings is 2. The molecule has 0 aliphatic carbocycles. The third-order valence-electron chi connectivity index (χ3n) is 4.29. The van der Waals surface area contributed by atoms with Gasteiger partial charge >= 0.3 is 0 Å². The summed E-state index contributed by atoms with van der Waals surface area (Å²) in [6, 6.07) is 18.2. The highest BCUT2D eigenvalue weighted by Crippen LogP contribution is 2.23. The maximum Gasteiger partial charge on any atom is 0.209 e. The second kappa shape index (κ2) is 10.7. The number of halogens is 1. The van der Waals surface area contributed by atoms with Gasteiger partial charge in [-0.05, 0) is 36.2 Å². The van der Waals surface area contributed by atoms with E-state index in [1.165, 1.54) is 5.56 Å². The second-order valence-corrected chi connectivity index (χ2v) is 6.15. The van der Waals surface area contributed by atoms with Crippen molar-refractivity contribution in [2.75, 3.05) is 26.7 Å². The van der Waals surface area contributed by atoms with Gasteiger partial charge in [-0.2, -0.15) is 0 Å². The van der Waals surface area contributed by atoms with E-state index in [-0.39, 0.29) is 12.4 Å². The Labute approximate surface area is 166 Å². The fraction of sp³-hybridized carbons (Fsp3) is 0.286. The monoisotopic (exact) mass is 387 g/mol. The second-order valence-electron chi connectivity index (χ2n) is 6.15. The fourth-order valence-corrected chi connectivity index (χ4v) is 2.85. The van der Waals surface area contributed by atoms with E-state index in [2.05, 4.69) is 34.1 Å². The first kappa shape index (κ1) is 21.0. The van der Waals surface area contributed by atoms with E-state index >= 15 is 0 Å². The lowest BCUT2D eigenvalue weighted by atomic mass is 10.1.